The first-order valence-corrected chi connectivity index (χ1v) is 11.3. The van der Waals surface area contributed by atoms with E-state index in [4.69, 9.17) is 0 Å². The molecule has 0 saturated carbocycles. The molecule has 3 rings (SSSR count). The van der Waals surface area contributed by atoms with E-state index in [1.54, 1.807) is 18.2 Å². The van der Waals surface area contributed by atoms with Crippen LogP contribution in [0.5, 0.6) is 0 Å². The molecule has 26 heavy (non-hydrogen) atoms. The molecule has 2 saturated heterocycles. The van der Waals surface area contributed by atoms with Crippen molar-refractivity contribution in [2.24, 2.45) is 5.92 Å². The Labute approximate surface area is 166 Å². The van der Waals surface area contributed by atoms with E-state index in [0.717, 1.165) is 30.8 Å². The molecule has 1 aromatic rings. The van der Waals surface area contributed by atoms with Crippen molar-refractivity contribution in [3.05, 3.63) is 24.3 Å². The number of thioether (sulfide) groups is 1. The minimum atomic E-state index is -3.55. The van der Waals surface area contributed by atoms with Gasteiger partial charge in [-0.05, 0) is 37.3 Å². The van der Waals surface area contributed by atoms with Gasteiger partial charge in [-0.3, -0.25) is 4.79 Å². The van der Waals surface area contributed by atoms with E-state index in [2.05, 4.69) is 5.32 Å². The average Bonchev–Trinajstić information content (AvgIpc) is 2.68. The quantitative estimate of drug-likeness (QED) is 0.751. The standard InChI is InChI=1S/C17H25N3O3S2.ClH/c1-24-15-5-2-6-16(12-15)25(22,23)20-9-3-4-14(13-20)17(21)19-10-7-18-8-11-19;/h2,5-6,12,14,18H,3-4,7-11,13H2,1H3;1H. The lowest BCUT2D eigenvalue weighted by molar-refractivity contribution is -0.137. The first kappa shape index (κ1) is 21.5. The van der Waals surface area contributed by atoms with Gasteiger partial charge in [-0.2, -0.15) is 4.31 Å². The maximum atomic E-state index is 13.0. The van der Waals surface area contributed by atoms with Crippen LogP contribution in [0.15, 0.2) is 34.1 Å². The molecule has 1 atom stereocenters. The number of nitrogens with zero attached hydrogens (tertiary/aromatic N) is 2. The van der Waals surface area contributed by atoms with Gasteiger partial charge in [0.25, 0.3) is 0 Å². The molecule has 0 aromatic heterocycles. The number of hydrogen-bond acceptors (Lipinski definition) is 5. The maximum Gasteiger partial charge on any atom is 0.243 e. The van der Waals surface area contributed by atoms with E-state index >= 15 is 0 Å². The Morgan fingerprint density at radius 3 is 2.65 bits per heavy atom. The zero-order valence-corrected chi connectivity index (χ0v) is 17.3. The summed E-state index contributed by atoms with van der Waals surface area (Å²) in [4.78, 5) is 15.8. The third-order valence-electron chi connectivity index (χ3n) is 4.84. The van der Waals surface area contributed by atoms with Crippen LogP contribution in [0.4, 0.5) is 0 Å². The summed E-state index contributed by atoms with van der Waals surface area (Å²) in [5.74, 6) is -0.135. The van der Waals surface area contributed by atoms with Crippen molar-refractivity contribution >= 4 is 40.1 Å². The van der Waals surface area contributed by atoms with Gasteiger partial charge in [0.15, 0.2) is 0 Å². The smallest absolute Gasteiger partial charge is 0.243 e. The molecule has 2 heterocycles. The number of piperidine rings is 1. The lowest BCUT2D eigenvalue weighted by Crippen LogP contribution is -2.51. The van der Waals surface area contributed by atoms with Gasteiger partial charge < -0.3 is 10.2 Å². The predicted octanol–water partition coefficient (Wildman–Crippen LogP) is 1.66. The Morgan fingerprint density at radius 2 is 1.96 bits per heavy atom. The van der Waals surface area contributed by atoms with E-state index in [1.807, 2.05) is 17.2 Å². The number of benzene rings is 1. The molecule has 1 amide bonds. The summed E-state index contributed by atoms with van der Waals surface area (Å²) < 4.78 is 27.4. The van der Waals surface area contributed by atoms with Crippen molar-refractivity contribution in [3.63, 3.8) is 0 Å². The fourth-order valence-corrected chi connectivity index (χ4v) is 5.52. The van der Waals surface area contributed by atoms with Crippen molar-refractivity contribution in [2.75, 3.05) is 45.5 Å². The third kappa shape index (κ3) is 4.72. The normalized spacial score (nSPS) is 21.9. The van der Waals surface area contributed by atoms with Gasteiger partial charge >= 0.3 is 0 Å². The molecule has 0 spiro atoms. The number of carbonyl (C=O) groups is 1. The zero-order chi connectivity index (χ0) is 17.9. The zero-order valence-electron chi connectivity index (χ0n) is 14.9. The van der Waals surface area contributed by atoms with Gasteiger partial charge in [0.2, 0.25) is 15.9 Å². The lowest BCUT2D eigenvalue weighted by atomic mass is 9.98. The first-order valence-electron chi connectivity index (χ1n) is 8.66. The Kier molecular flexibility index (Phi) is 7.78. The van der Waals surface area contributed by atoms with E-state index in [0.29, 0.717) is 24.5 Å². The van der Waals surface area contributed by atoms with Crippen LogP contribution in [-0.4, -0.2) is 69.1 Å². The van der Waals surface area contributed by atoms with Crippen molar-refractivity contribution in [1.82, 2.24) is 14.5 Å². The molecule has 9 heteroatoms. The van der Waals surface area contributed by atoms with E-state index in [9.17, 15) is 13.2 Å². The van der Waals surface area contributed by atoms with Crippen molar-refractivity contribution in [1.29, 1.82) is 0 Å². The second kappa shape index (κ2) is 9.41. The lowest BCUT2D eigenvalue weighted by Gasteiger charge is -2.35. The summed E-state index contributed by atoms with van der Waals surface area (Å²) in [6, 6.07) is 7.02. The van der Waals surface area contributed by atoms with Gasteiger partial charge in [-0.1, -0.05) is 6.07 Å². The minimum absolute atomic E-state index is 0. The largest absolute Gasteiger partial charge is 0.340 e. The second-order valence-electron chi connectivity index (χ2n) is 6.46. The summed E-state index contributed by atoms with van der Waals surface area (Å²) in [6.07, 6.45) is 3.42. The number of rotatable bonds is 4. The molecule has 0 radical (unpaired) electrons. The topological polar surface area (TPSA) is 69.7 Å². The van der Waals surface area contributed by atoms with Crippen LogP contribution in [-0.2, 0) is 14.8 Å². The molecule has 2 fully saturated rings. The van der Waals surface area contributed by atoms with E-state index < -0.39 is 10.0 Å². The highest BCUT2D eigenvalue weighted by molar-refractivity contribution is 7.98. The van der Waals surface area contributed by atoms with Crippen LogP contribution >= 0.6 is 24.2 Å². The van der Waals surface area contributed by atoms with E-state index in [1.165, 1.54) is 16.1 Å². The monoisotopic (exact) mass is 419 g/mol. The molecule has 6 nitrogen and oxygen atoms in total. The predicted molar refractivity (Wildman–Crippen MR) is 106 cm³/mol. The molecule has 2 aliphatic heterocycles. The van der Waals surface area contributed by atoms with Gasteiger partial charge in [0.1, 0.15) is 0 Å². The fraction of sp³-hybridized carbons (Fsp3) is 0.588. The van der Waals surface area contributed by atoms with Crippen molar-refractivity contribution in [3.8, 4) is 0 Å². The Morgan fingerprint density at radius 1 is 1.23 bits per heavy atom. The van der Waals surface area contributed by atoms with Gasteiger partial charge in [0, 0.05) is 44.2 Å². The molecular weight excluding hydrogens is 394 g/mol. The molecule has 2 aliphatic rings. The number of piperazine rings is 1. The van der Waals surface area contributed by atoms with Crippen LogP contribution in [0.2, 0.25) is 0 Å². The minimum Gasteiger partial charge on any atom is -0.340 e. The van der Waals surface area contributed by atoms with Gasteiger partial charge in [-0.25, -0.2) is 8.42 Å². The number of halogens is 1. The molecular formula is C17H26ClN3O3S2. The van der Waals surface area contributed by atoms with Gasteiger partial charge in [0.05, 0.1) is 10.8 Å². The second-order valence-corrected chi connectivity index (χ2v) is 9.27. The van der Waals surface area contributed by atoms with Crippen LogP contribution < -0.4 is 5.32 Å². The SMILES string of the molecule is CSc1cccc(S(=O)(=O)N2CCCC(C(=O)N3CCNCC3)C2)c1.Cl. The number of carbonyl (C=O) groups excluding carboxylic acids is 1. The fourth-order valence-electron chi connectivity index (χ4n) is 3.42. The highest BCUT2D eigenvalue weighted by Gasteiger charge is 2.35. The summed E-state index contributed by atoms with van der Waals surface area (Å²) >= 11 is 1.52. The Hall–Kier alpha value is -0.800. The Bertz CT molecular complexity index is 724. The van der Waals surface area contributed by atoms with Crippen LogP contribution in [0.3, 0.4) is 0 Å². The third-order valence-corrected chi connectivity index (χ3v) is 7.43. The number of hydrogen-bond donors (Lipinski definition) is 1. The number of sulfonamides is 1. The summed E-state index contributed by atoms with van der Waals surface area (Å²) in [5.41, 5.74) is 0. The van der Waals surface area contributed by atoms with Crippen LogP contribution in [0.1, 0.15) is 12.8 Å². The Balaban J connectivity index is 0.00000243. The highest BCUT2D eigenvalue weighted by atomic mass is 35.5. The van der Waals surface area contributed by atoms with Gasteiger partial charge in [-0.15, -0.1) is 24.2 Å². The van der Waals surface area contributed by atoms with Crippen molar-refractivity contribution in [2.45, 2.75) is 22.6 Å². The summed E-state index contributed by atoms with van der Waals surface area (Å²) in [6.45, 7) is 3.80. The molecule has 0 bridgehead atoms. The summed E-state index contributed by atoms with van der Waals surface area (Å²) in [7, 11) is -3.55. The average molecular weight is 420 g/mol. The van der Waals surface area contributed by atoms with Crippen molar-refractivity contribution < 1.29 is 13.2 Å². The number of nitrogens with one attached hydrogen (secondary N) is 1. The molecule has 0 aliphatic carbocycles. The first-order chi connectivity index (χ1) is 12.0. The molecule has 1 N–H and O–H groups in total. The molecule has 1 unspecified atom stereocenters. The number of amides is 1. The summed E-state index contributed by atoms with van der Waals surface area (Å²) in [5, 5.41) is 3.24. The van der Waals surface area contributed by atoms with Crippen LogP contribution in [0.25, 0.3) is 0 Å². The van der Waals surface area contributed by atoms with E-state index in [-0.39, 0.29) is 30.8 Å². The highest BCUT2D eigenvalue weighted by Crippen LogP contribution is 2.27. The molecule has 1 aromatic carbocycles. The molecule has 146 valence electrons. The maximum absolute atomic E-state index is 13.0. The van der Waals surface area contributed by atoms with Crippen LogP contribution in [0, 0.1) is 5.92 Å².